The van der Waals surface area contributed by atoms with Gasteiger partial charge in [0.2, 0.25) is 0 Å². The Balaban J connectivity index is 1.58. The minimum absolute atomic E-state index is 0.139. The Bertz CT molecular complexity index is 967. The van der Waals surface area contributed by atoms with Crippen LogP contribution in [0.3, 0.4) is 0 Å². The Morgan fingerprint density at radius 1 is 1.10 bits per heavy atom. The monoisotopic (exact) mass is 393 g/mol. The van der Waals surface area contributed by atoms with Gasteiger partial charge in [0, 0.05) is 18.8 Å². The molecule has 150 valence electrons. The van der Waals surface area contributed by atoms with Crippen molar-refractivity contribution in [3.05, 3.63) is 71.3 Å². The Labute approximate surface area is 169 Å². The second kappa shape index (κ2) is 7.91. The van der Waals surface area contributed by atoms with Crippen LogP contribution in [0.1, 0.15) is 42.3 Å². The van der Waals surface area contributed by atoms with E-state index in [1.165, 1.54) is 23.4 Å². The molecule has 0 spiro atoms. The first-order valence-electron chi connectivity index (χ1n) is 10.3. The molecular formula is C22H24FN5O. The van der Waals surface area contributed by atoms with Crippen LogP contribution in [0.4, 0.5) is 10.1 Å². The van der Waals surface area contributed by atoms with Crippen LogP contribution < -0.4 is 4.90 Å². The summed E-state index contributed by atoms with van der Waals surface area (Å²) >= 11 is 0. The highest BCUT2D eigenvalue weighted by molar-refractivity contribution is 5.58. The average molecular weight is 393 g/mol. The molecule has 1 aromatic heterocycles. The molecule has 3 heterocycles. The third-order valence-corrected chi connectivity index (χ3v) is 5.85. The minimum Gasteiger partial charge on any atom is -0.376 e. The van der Waals surface area contributed by atoms with E-state index in [9.17, 15) is 4.39 Å². The number of hydrogen-bond acceptors (Lipinski definition) is 5. The van der Waals surface area contributed by atoms with E-state index < -0.39 is 0 Å². The SMILES string of the molecule is Fc1ccc(C(c2nnnn2CC2CCCO2)N2CCCc3ccccc32)cc1. The van der Waals surface area contributed by atoms with Crippen LogP contribution in [-0.4, -0.2) is 39.5 Å². The van der Waals surface area contributed by atoms with Gasteiger partial charge in [0.1, 0.15) is 11.9 Å². The van der Waals surface area contributed by atoms with Gasteiger partial charge >= 0.3 is 0 Å². The molecule has 2 atom stereocenters. The number of ether oxygens (including phenoxy) is 1. The Hall–Kier alpha value is -2.80. The van der Waals surface area contributed by atoms with E-state index in [1.54, 1.807) is 0 Å². The quantitative estimate of drug-likeness (QED) is 0.664. The number of anilines is 1. The van der Waals surface area contributed by atoms with Crippen LogP contribution in [0.2, 0.25) is 0 Å². The van der Waals surface area contributed by atoms with E-state index in [0.29, 0.717) is 6.54 Å². The van der Waals surface area contributed by atoms with Crippen molar-refractivity contribution >= 4 is 5.69 Å². The zero-order valence-electron chi connectivity index (χ0n) is 16.2. The van der Waals surface area contributed by atoms with Gasteiger partial charge in [-0.1, -0.05) is 30.3 Å². The fraction of sp³-hybridized carbons (Fsp3) is 0.409. The van der Waals surface area contributed by atoms with Gasteiger partial charge in [-0.3, -0.25) is 0 Å². The molecule has 0 saturated carbocycles. The summed E-state index contributed by atoms with van der Waals surface area (Å²) in [4.78, 5) is 2.35. The largest absolute Gasteiger partial charge is 0.376 e. The number of fused-ring (bicyclic) bond motifs is 1. The van der Waals surface area contributed by atoms with Gasteiger partial charge < -0.3 is 9.64 Å². The van der Waals surface area contributed by atoms with Crippen LogP contribution in [0, 0.1) is 5.82 Å². The number of rotatable bonds is 5. The van der Waals surface area contributed by atoms with Crippen molar-refractivity contribution in [1.82, 2.24) is 20.2 Å². The van der Waals surface area contributed by atoms with Crippen molar-refractivity contribution in [2.24, 2.45) is 0 Å². The minimum atomic E-state index is -0.245. The van der Waals surface area contributed by atoms with E-state index in [-0.39, 0.29) is 18.0 Å². The highest BCUT2D eigenvalue weighted by Gasteiger charge is 2.32. The van der Waals surface area contributed by atoms with Crippen molar-refractivity contribution in [2.45, 2.75) is 44.4 Å². The first kappa shape index (κ1) is 18.2. The lowest BCUT2D eigenvalue weighted by Crippen LogP contribution is -2.36. The maximum Gasteiger partial charge on any atom is 0.178 e. The average Bonchev–Trinajstić information content (AvgIpc) is 3.43. The van der Waals surface area contributed by atoms with Gasteiger partial charge in [0.15, 0.2) is 5.82 Å². The number of benzene rings is 2. The number of hydrogen-bond donors (Lipinski definition) is 0. The van der Waals surface area contributed by atoms with Gasteiger partial charge in [0.05, 0.1) is 12.6 Å². The van der Waals surface area contributed by atoms with E-state index in [1.807, 2.05) is 16.8 Å². The molecule has 6 nitrogen and oxygen atoms in total. The number of aryl methyl sites for hydroxylation is 1. The molecule has 7 heteroatoms. The predicted octanol–water partition coefficient (Wildman–Crippen LogP) is 3.53. The number of nitrogens with zero attached hydrogens (tertiary/aromatic N) is 5. The number of aromatic nitrogens is 4. The van der Waals surface area contributed by atoms with E-state index in [0.717, 1.165) is 50.2 Å². The summed E-state index contributed by atoms with van der Waals surface area (Å²) in [5.41, 5.74) is 3.50. The normalized spacial score (nSPS) is 19.9. The van der Waals surface area contributed by atoms with Crippen LogP contribution in [0.25, 0.3) is 0 Å². The Morgan fingerprint density at radius 2 is 1.97 bits per heavy atom. The Kier molecular flexibility index (Phi) is 4.97. The summed E-state index contributed by atoms with van der Waals surface area (Å²) in [6, 6.07) is 15.0. The van der Waals surface area contributed by atoms with Gasteiger partial charge in [-0.25, -0.2) is 9.07 Å². The molecule has 5 rings (SSSR count). The van der Waals surface area contributed by atoms with Crippen LogP contribution in [0.15, 0.2) is 48.5 Å². The first-order valence-corrected chi connectivity index (χ1v) is 10.3. The third kappa shape index (κ3) is 3.62. The lowest BCUT2D eigenvalue weighted by Gasteiger charge is -2.37. The van der Waals surface area contributed by atoms with Gasteiger partial charge in [-0.15, -0.1) is 5.10 Å². The second-order valence-electron chi connectivity index (χ2n) is 7.73. The highest BCUT2D eigenvalue weighted by atomic mass is 19.1. The summed E-state index contributed by atoms with van der Waals surface area (Å²) in [5.74, 6) is 0.523. The molecule has 1 fully saturated rings. The molecule has 0 N–H and O–H groups in total. The van der Waals surface area contributed by atoms with E-state index in [2.05, 4.69) is 44.7 Å². The van der Waals surface area contributed by atoms with Crippen LogP contribution in [0.5, 0.6) is 0 Å². The lowest BCUT2D eigenvalue weighted by atomic mass is 9.96. The van der Waals surface area contributed by atoms with Gasteiger partial charge in [-0.2, -0.15) is 0 Å². The summed E-state index contributed by atoms with van der Waals surface area (Å²) in [6.45, 7) is 2.32. The maximum atomic E-state index is 13.6. The Morgan fingerprint density at radius 3 is 2.79 bits per heavy atom. The molecule has 0 amide bonds. The fourth-order valence-electron chi connectivity index (χ4n) is 4.46. The molecule has 2 aliphatic heterocycles. The van der Waals surface area contributed by atoms with Gasteiger partial charge in [0.25, 0.3) is 0 Å². The lowest BCUT2D eigenvalue weighted by molar-refractivity contribution is 0.0924. The zero-order chi connectivity index (χ0) is 19.6. The molecule has 1 saturated heterocycles. The summed E-state index contributed by atoms with van der Waals surface area (Å²) < 4.78 is 21.3. The molecule has 0 radical (unpaired) electrons. The molecule has 29 heavy (non-hydrogen) atoms. The van der Waals surface area contributed by atoms with Crippen molar-refractivity contribution in [2.75, 3.05) is 18.1 Å². The van der Waals surface area contributed by atoms with Crippen molar-refractivity contribution < 1.29 is 9.13 Å². The third-order valence-electron chi connectivity index (χ3n) is 5.85. The summed E-state index contributed by atoms with van der Waals surface area (Å²) in [5, 5.41) is 12.7. The van der Waals surface area contributed by atoms with Crippen LogP contribution in [-0.2, 0) is 17.7 Å². The van der Waals surface area contributed by atoms with Crippen molar-refractivity contribution in [3.8, 4) is 0 Å². The number of para-hydroxylation sites is 1. The zero-order valence-corrected chi connectivity index (χ0v) is 16.2. The molecule has 0 bridgehead atoms. The number of tetrazole rings is 1. The topological polar surface area (TPSA) is 56.1 Å². The molecule has 2 aliphatic rings. The van der Waals surface area contributed by atoms with Crippen molar-refractivity contribution in [1.29, 1.82) is 0 Å². The maximum absolute atomic E-state index is 13.6. The molecule has 2 aromatic carbocycles. The van der Waals surface area contributed by atoms with E-state index >= 15 is 0 Å². The highest BCUT2D eigenvalue weighted by Crippen LogP contribution is 2.37. The smallest absolute Gasteiger partial charge is 0.178 e. The summed E-state index contributed by atoms with van der Waals surface area (Å²) in [6.07, 6.45) is 4.35. The van der Waals surface area contributed by atoms with Crippen molar-refractivity contribution in [3.63, 3.8) is 0 Å². The molecule has 2 unspecified atom stereocenters. The summed E-state index contributed by atoms with van der Waals surface area (Å²) in [7, 11) is 0. The number of halogens is 1. The molecule has 0 aliphatic carbocycles. The first-order chi connectivity index (χ1) is 14.3. The van der Waals surface area contributed by atoms with Crippen LogP contribution >= 0.6 is 0 Å². The standard InChI is InChI=1S/C22H24FN5O/c23-18-11-9-17(10-12-18)21(27-13-3-6-16-5-1-2-8-20(16)27)22-24-25-26-28(22)15-19-7-4-14-29-19/h1-2,5,8-12,19,21H,3-4,6-7,13-15H2. The fourth-order valence-corrected chi connectivity index (χ4v) is 4.46. The van der Waals surface area contributed by atoms with E-state index in [4.69, 9.17) is 4.74 Å². The molecular weight excluding hydrogens is 369 g/mol. The molecule has 3 aromatic rings. The second-order valence-corrected chi connectivity index (χ2v) is 7.73. The van der Waals surface area contributed by atoms with Gasteiger partial charge in [-0.05, 0) is 65.4 Å². The predicted molar refractivity (Wildman–Crippen MR) is 107 cm³/mol.